The number of hydrogen-bond acceptors (Lipinski definition) is 5. The second kappa shape index (κ2) is 5.10. The van der Waals surface area contributed by atoms with Gasteiger partial charge in [-0.1, -0.05) is 11.6 Å². The quantitative estimate of drug-likeness (QED) is 0.783. The van der Waals surface area contributed by atoms with Gasteiger partial charge in [-0.05, 0) is 26.0 Å². The molecule has 0 aliphatic heterocycles. The van der Waals surface area contributed by atoms with Crippen LogP contribution in [0.1, 0.15) is 21.7 Å². The zero-order chi connectivity index (χ0) is 15.0. The molecule has 0 fully saturated rings. The van der Waals surface area contributed by atoms with Gasteiger partial charge in [-0.2, -0.15) is 9.50 Å². The van der Waals surface area contributed by atoms with E-state index < -0.39 is 0 Å². The predicted octanol–water partition coefficient (Wildman–Crippen LogP) is 2.04. The lowest BCUT2D eigenvalue weighted by Crippen LogP contribution is -2.13. The van der Waals surface area contributed by atoms with Gasteiger partial charge in [0.2, 0.25) is 0 Å². The number of hydrogen-bond donors (Lipinski definition) is 1. The van der Waals surface area contributed by atoms with Gasteiger partial charge in [0.1, 0.15) is 0 Å². The summed E-state index contributed by atoms with van der Waals surface area (Å²) in [6.45, 7) is 3.60. The minimum Gasteiger partial charge on any atom is -0.289 e. The number of carbonyl (C=O) groups excluding carboxylic acids is 1. The lowest BCUT2D eigenvalue weighted by atomic mass is 10.2. The summed E-state index contributed by atoms with van der Waals surface area (Å²) in [6.07, 6.45) is 3.09. The number of aromatic nitrogens is 5. The number of pyridine rings is 1. The molecule has 106 valence electrons. The van der Waals surface area contributed by atoms with E-state index in [2.05, 4.69) is 25.4 Å². The first-order chi connectivity index (χ1) is 10.1. The topological polar surface area (TPSA) is 85.1 Å². The molecule has 0 bridgehead atoms. The predicted molar refractivity (Wildman–Crippen MR) is 77.5 cm³/mol. The van der Waals surface area contributed by atoms with Crippen LogP contribution in [0.15, 0.2) is 24.5 Å². The van der Waals surface area contributed by atoms with Gasteiger partial charge in [-0.15, -0.1) is 5.10 Å². The normalized spacial score (nSPS) is 10.8. The smallest absolute Gasteiger partial charge is 0.258 e. The van der Waals surface area contributed by atoms with Crippen molar-refractivity contribution in [3.05, 3.63) is 46.5 Å². The number of anilines is 1. The highest BCUT2D eigenvalue weighted by Crippen LogP contribution is 2.19. The van der Waals surface area contributed by atoms with Crippen molar-refractivity contribution in [1.29, 1.82) is 0 Å². The van der Waals surface area contributed by atoms with Gasteiger partial charge in [0, 0.05) is 18.0 Å². The second-order valence-corrected chi connectivity index (χ2v) is 4.81. The van der Waals surface area contributed by atoms with Gasteiger partial charge < -0.3 is 0 Å². The number of amides is 1. The monoisotopic (exact) mass is 302 g/mol. The van der Waals surface area contributed by atoms with E-state index in [0.717, 1.165) is 5.69 Å². The molecule has 3 aromatic heterocycles. The number of carbonyl (C=O) groups is 1. The lowest BCUT2D eigenvalue weighted by molar-refractivity contribution is 0.102. The van der Waals surface area contributed by atoms with Gasteiger partial charge in [-0.3, -0.25) is 15.1 Å². The Kier molecular flexibility index (Phi) is 3.26. The molecule has 0 radical (unpaired) electrons. The Morgan fingerprint density at radius 3 is 2.67 bits per heavy atom. The molecule has 0 aliphatic carbocycles. The summed E-state index contributed by atoms with van der Waals surface area (Å²) in [7, 11) is 0. The van der Waals surface area contributed by atoms with Crippen LogP contribution in [0.3, 0.4) is 0 Å². The van der Waals surface area contributed by atoms with Crippen LogP contribution in [0.2, 0.25) is 5.02 Å². The third-order valence-electron chi connectivity index (χ3n) is 2.98. The molecule has 0 saturated carbocycles. The molecular weight excluding hydrogens is 292 g/mol. The van der Waals surface area contributed by atoms with Crippen LogP contribution in [-0.2, 0) is 0 Å². The van der Waals surface area contributed by atoms with Crippen molar-refractivity contribution < 1.29 is 4.79 Å². The maximum atomic E-state index is 12.0. The van der Waals surface area contributed by atoms with Crippen molar-refractivity contribution >= 4 is 29.2 Å². The first-order valence-corrected chi connectivity index (χ1v) is 6.55. The average molecular weight is 303 g/mol. The summed E-state index contributed by atoms with van der Waals surface area (Å²) in [5, 5.41) is 7.34. The number of fused-ring (bicyclic) bond motifs is 1. The molecule has 3 aromatic rings. The minimum atomic E-state index is -0.311. The summed E-state index contributed by atoms with van der Waals surface area (Å²) < 4.78 is 1.50. The van der Waals surface area contributed by atoms with Crippen LogP contribution in [0, 0.1) is 13.8 Å². The van der Waals surface area contributed by atoms with E-state index in [9.17, 15) is 4.79 Å². The Hall–Kier alpha value is -2.54. The van der Waals surface area contributed by atoms with Crippen molar-refractivity contribution in [1.82, 2.24) is 24.6 Å². The maximum Gasteiger partial charge on any atom is 0.258 e. The molecule has 7 nitrogen and oxygen atoms in total. The van der Waals surface area contributed by atoms with Crippen molar-refractivity contribution in [2.75, 3.05) is 5.32 Å². The van der Waals surface area contributed by atoms with E-state index in [-0.39, 0.29) is 11.9 Å². The summed E-state index contributed by atoms with van der Waals surface area (Å²) in [5.41, 5.74) is 1.86. The number of nitrogens with zero attached hydrogens (tertiary/aromatic N) is 5. The van der Waals surface area contributed by atoms with E-state index in [1.165, 1.54) is 4.52 Å². The molecule has 0 aromatic carbocycles. The second-order valence-electron chi connectivity index (χ2n) is 4.43. The molecule has 3 heterocycles. The van der Waals surface area contributed by atoms with E-state index in [0.29, 0.717) is 22.1 Å². The molecule has 21 heavy (non-hydrogen) atoms. The van der Waals surface area contributed by atoms with Crippen molar-refractivity contribution in [2.45, 2.75) is 13.8 Å². The molecule has 8 heteroatoms. The largest absolute Gasteiger partial charge is 0.289 e. The first kappa shape index (κ1) is 13.4. The van der Waals surface area contributed by atoms with Gasteiger partial charge in [0.25, 0.3) is 17.6 Å². The third kappa shape index (κ3) is 2.43. The van der Waals surface area contributed by atoms with E-state index in [4.69, 9.17) is 11.6 Å². The van der Waals surface area contributed by atoms with Crippen LogP contribution in [0.4, 0.5) is 5.95 Å². The fraction of sp³-hybridized carbons (Fsp3) is 0.154. The van der Waals surface area contributed by atoms with Crippen molar-refractivity contribution in [3.8, 4) is 0 Å². The summed E-state index contributed by atoms with van der Waals surface area (Å²) in [6, 6.07) is 3.21. The molecule has 0 spiro atoms. The molecule has 0 aliphatic rings. The molecular formula is C13H11ClN6O. The number of rotatable bonds is 2. The highest BCUT2D eigenvalue weighted by Gasteiger charge is 2.14. The molecule has 1 N–H and O–H groups in total. The van der Waals surface area contributed by atoms with E-state index in [1.54, 1.807) is 31.5 Å². The minimum absolute atomic E-state index is 0.175. The molecule has 0 unspecified atom stereocenters. The zero-order valence-corrected chi connectivity index (χ0v) is 12.1. The van der Waals surface area contributed by atoms with Crippen LogP contribution in [0.25, 0.3) is 5.78 Å². The first-order valence-electron chi connectivity index (χ1n) is 6.17. The van der Waals surface area contributed by atoms with Crippen LogP contribution < -0.4 is 5.32 Å². The standard InChI is InChI=1S/C13H11ClN6O/c1-7-10(14)8(2)20-13(16-7)18-12(19-20)17-11(21)9-3-5-15-6-4-9/h3-6H,1-2H3,(H,17,19,21). The Labute approximate surface area is 125 Å². The Morgan fingerprint density at radius 2 is 1.95 bits per heavy atom. The summed E-state index contributed by atoms with van der Waals surface area (Å²) in [4.78, 5) is 24.3. The van der Waals surface area contributed by atoms with Gasteiger partial charge in [0.05, 0.1) is 16.4 Å². The van der Waals surface area contributed by atoms with Crippen LogP contribution >= 0.6 is 11.6 Å². The van der Waals surface area contributed by atoms with Gasteiger partial charge >= 0.3 is 0 Å². The number of halogens is 1. The van der Waals surface area contributed by atoms with Crippen LogP contribution in [-0.4, -0.2) is 30.5 Å². The SMILES string of the molecule is Cc1nc2nc(NC(=O)c3ccncc3)nn2c(C)c1Cl. The van der Waals surface area contributed by atoms with Gasteiger partial charge in [0.15, 0.2) is 0 Å². The highest BCUT2D eigenvalue weighted by atomic mass is 35.5. The average Bonchev–Trinajstić information content (AvgIpc) is 2.88. The van der Waals surface area contributed by atoms with Gasteiger partial charge in [-0.25, -0.2) is 4.98 Å². The zero-order valence-electron chi connectivity index (χ0n) is 11.3. The Morgan fingerprint density at radius 1 is 1.24 bits per heavy atom. The molecule has 1 amide bonds. The molecule has 0 atom stereocenters. The molecule has 0 saturated heterocycles. The Bertz CT molecular complexity index is 830. The third-order valence-corrected chi connectivity index (χ3v) is 3.53. The molecule has 3 rings (SSSR count). The summed E-state index contributed by atoms with van der Waals surface area (Å²) >= 11 is 6.12. The fourth-order valence-electron chi connectivity index (χ4n) is 1.89. The number of aryl methyl sites for hydroxylation is 2. The van der Waals surface area contributed by atoms with E-state index >= 15 is 0 Å². The lowest BCUT2D eigenvalue weighted by Gasteiger charge is -2.02. The van der Waals surface area contributed by atoms with Crippen molar-refractivity contribution in [2.24, 2.45) is 0 Å². The number of nitrogens with one attached hydrogen (secondary N) is 1. The highest BCUT2D eigenvalue weighted by molar-refractivity contribution is 6.31. The maximum absolute atomic E-state index is 12.0. The van der Waals surface area contributed by atoms with Crippen LogP contribution in [0.5, 0.6) is 0 Å². The summed E-state index contributed by atoms with van der Waals surface area (Å²) in [5.74, 6) is 0.252. The van der Waals surface area contributed by atoms with Crippen molar-refractivity contribution in [3.63, 3.8) is 0 Å². The van der Waals surface area contributed by atoms with E-state index in [1.807, 2.05) is 6.92 Å². The Balaban J connectivity index is 1.95. The fourth-order valence-corrected chi connectivity index (χ4v) is 2.01.